The molecule has 160 valence electrons. The van der Waals surface area contributed by atoms with E-state index < -0.39 is 0 Å². The van der Waals surface area contributed by atoms with Crippen molar-refractivity contribution in [3.63, 3.8) is 0 Å². The Morgan fingerprint density at radius 2 is 1.88 bits per heavy atom. The average Bonchev–Trinajstić information content (AvgIpc) is 3.62. The molecule has 4 aromatic rings. The molecule has 2 aromatic heterocycles. The number of carbonyl (C=O) groups is 1. The first-order chi connectivity index (χ1) is 15.5. The van der Waals surface area contributed by atoms with E-state index in [-0.39, 0.29) is 5.91 Å². The van der Waals surface area contributed by atoms with E-state index in [1.165, 1.54) is 0 Å². The molecule has 6 nitrogen and oxygen atoms in total. The van der Waals surface area contributed by atoms with Crippen LogP contribution >= 0.6 is 0 Å². The van der Waals surface area contributed by atoms with Gasteiger partial charge in [0.25, 0.3) is 5.91 Å². The van der Waals surface area contributed by atoms with Crippen LogP contribution in [0.4, 0.5) is 0 Å². The quantitative estimate of drug-likeness (QED) is 0.494. The van der Waals surface area contributed by atoms with Crippen molar-refractivity contribution in [2.45, 2.75) is 32.7 Å². The number of pyridine rings is 1. The van der Waals surface area contributed by atoms with Crippen LogP contribution in [0.1, 0.15) is 34.5 Å². The Hall–Kier alpha value is -3.80. The summed E-state index contributed by atoms with van der Waals surface area (Å²) in [6, 6.07) is 16.2. The number of aryl methyl sites for hydroxylation is 2. The fourth-order valence-electron chi connectivity index (χ4n) is 3.93. The minimum Gasteiger partial charge on any atom is -0.481 e. The molecule has 1 saturated carbocycles. The number of hydrogen-bond acceptors (Lipinski definition) is 5. The van der Waals surface area contributed by atoms with Crippen molar-refractivity contribution >= 4 is 16.7 Å². The molecule has 6 heteroatoms. The zero-order valence-corrected chi connectivity index (χ0v) is 18.3. The third kappa shape index (κ3) is 3.80. The van der Waals surface area contributed by atoms with Gasteiger partial charge < -0.3 is 10.1 Å². The minimum absolute atomic E-state index is 0.00910. The van der Waals surface area contributed by atoms with E-state index >= 15 is 0 Å². The third-order valence-corrected chi connectivity index (χ3v) is 5.91. The number of ether oxygens (including phenoxy) is 1. The van der Waals surface area contributed by atoms with Gasteiger partial charge >= 0.3 is 0 Å². The van der Waals surface area contributed by atoms with Crippen LogP contribution in [0.15, 0.2) is 54.7 Å². The third-order valence-electron chi connectivity index (χ3n) is 5.91. The molecular formula is C26H24N4O2. The lowest BCUT2D eigenvalue weighted by Gasteiger charge is -2.12. The zero-order chi connectivity index (χ0) is 22.2. The molecule has 0 atom stereocenters. The molecule has 1 N–H and O–H groups in total. The normalized spacial score (nSPS) is 13.2. The summed E-state index contributed by atoms with van der Waals surface area (Å²) in [4.78, 5) is 17.0. The van der Waals surface area contributed by atoms with Crippen LogP contribution in [-0.2, 0) is 0 Å². The highest BCUT2D eigenvalue weighted by Crippen LogP contribution is 2.33. The Morgan fingerprint density at radius 1 is 1.03 bits per heavy atom. The summed E-state index contributed by atoms with van der Waals surface area (Å²) in [5.41, 5.74) is 6.43. The molecule has 1 aliphatic carbocycles. The number of nitrogens with one attached hydrogen (secondary N) is 1. The topological polar surface area (TPSA) is 77.0 Å². The van der Waals surface area contributed by atoms with Crippen molar-refractivity contribution < 1.29 is 9.53 Å². The van der Waals surface area contributed by atoms with Gasteiger partial charge in [-0.3, -0.25) is 4.79 Å². The monoisotopic (exact) mass is 424 g/mol. The van der Waals surface area contributed by atoms with Gasteiger partial charge in [0, 0.05) is 34.0 Å². The molecule has 0 aliphatic heterocycles. The minimum atomic E-state index is -0.00910. The lowest BCUT2D eigenvalue weighted by molar-refractivity contribution is 0.0951. The number of hydrogen-bond donors (Lipinski definition) is 1. The van der Waals surface area contributed by atoms with Gasteiger partial charge in [0.2, 0.25) is 5.88 Å². The van der Waals surface area contributed by atoms with Crippen molar-refractivity contribution in [1.29, 1.82) is 0 Å². The summed E-state index contributed by atoms with van der Waals surface area (Å²) in [5, 5.41) is 13.7. The Balaban J connectivity index is 1.56. The Labute approximate surface area is 186 Å². The summed E-state index contributed by atoms with van der Waals surface area (Å²) in [7, 11) is 1.60. The second-order valence-corrected chi connectivity index (χ2v) is 8.26. The molecule has 0 radical (unpaired) electrons. The first kappa shape index (κ1) is 20.1. The number of methoxy groups -OCH3 is 1. The van der Waals surface area contributed by atoms with Crippen molar-refractivity contribution in [2.75, 3.05) is 7.11 Å². The van der Waals surface area contributed by atoms with Crippen LogP contribution in [0.5, 0.6) is 5.88 Å². The molecule has 0 unspecified atom stereocenters. The van der Waals surface area contributed by atoms with Gasteiger partial charge in [-0.15, -0.1) is 5.10 Å². The van der Waals surface area contributed by atoms with Gasteiger partial charge in [0.1, 0.15) is 5.69 Å². The van der Waals surface area contributed by atoms with E-state index in [0.29, 0.717) is 17.5 Å². The number of aromatic nitrogens is 3. The number of benzene rings is 2. The molecule has 1 aliphatic rings. The molecule has 1 amide bonds. The molecule has 1 fully saturated rings. The summed E-state index contributed by atoms with van der Waals surface area (Å²) < 4.78 is 5.22. The Morgan fingerprint density at radius 3 is 2.62 bits per heavy atom. The van der Waals surface area contributed by atoms with E-state index in [2.05, 4.69) is 45.6 Å². The molecular weight excluding hydrogens is 400 g/mol. The van der Waals surface area contributed by atoms with Gasteiger partial charge in [0.15, 0.2) is 0 Å². The first-order valence-electron chi connectivity index (χ1n) is 10.7. The number of nitrogens with zero attached hydrogens (tertiary/aromatic N) is 3. The predicted octanol–water partition coefficient (Wildman–Crippen LogP) is 4.88. The van der Waals surface area contributed by atoms with Crippen molar-refractivity contribution in [2.24, 2.45) is 0 Å². The number of fused-ring (bicyclic) bond motifs is 1. The number of rotatable bonds is 5. The summed E-state index contributed by atoms with van der Waals surface area (Å²) >= 11 is 0. The summed E-state index contributed by atoms with van der Waals surface area (Å²) in [6.45, 7) is 4.00. The molecule has 0 saturated heterocycles. The van der Waals surface area contributed by atoms with Crippen molar-refractivity contribution in [1.82, 2.24) is 20.5 Å². The van der Waals surface area contributed by atoms with Crippen LogP contribution in [-0.4, -0.2) is 34.2 Å². The SMILES string of the molecule is COc1ccc(-c2nncc3cc(-c4cc(C(=O)NC5CC5)ccc4C)ccc23)c(C)n1. The molecule has 5 rings (SSSR count). The van der Waals surface area contributed by atoms with Crippen molar-refractivity contribution in [3.8, 4) is 28.3 Å². The second kappa shape index (κ2) is 8.04. The lowest BCUT2D eigenvalue weighted by atomic mass is 9.95. The van der Waals surface area contributed by atoms with E-state index in [9.17, 15) is 4.79 Å². The van der Waals surface area contributed by atoms with E-state index in [0.717, 1.165) is 57.3 Å². The largest absolute Gasteiger partial charge is 0.481 e. The highest BCUT2D eigenvalue weighted by molar-refractivity contribution is 5.98. The zero-order valence-electron chi connectivity index (χ0n) is 18.3. The van der Waals surface area contributed by atoms with E-state index in [1.54, 1.807) is 13.3 Å². The molecule has 32 heavy (non-hydrogen) atoms. The Bertz CT molecular complexity index is 1350. The van der Waals surface area contributed by atoms with Crippen LogP contribution in [0.3, 0.4) is 0 Å². The summed E-state index contributed by atoms with van der Waals surface area (Å²) in [6.07, 6.45) is 3.91. The highest BCUT2D eigenvalue weighted by atomic mass is 16.5. The maximum Gasteiger partial charge on any atom is 0.251 e. The lowest BCUT2D eigenvalue weighted by Crippen LogP contribution is -2.25. The Kier molecular flexibility index (Phi) is 5.05. The van der Waals surface area contributed by atoms with E-state index in [4.69, 9.17) is 4.74 Å². The highest BCUT2D eigenvalue weighted by Gasteiger charge is 2.24. The molecule has 2 aromatic carbocycles. The second-order valence-electron chi connectivity index (χ2n) is 8.26. The maximum absolute atomic E-state index is 12.5. The maximum atomic E-state index is 12.5. The predicted molar refractivity (Wildman–Crippen MR) is 125 cm³/mol. The van der Waals surface area contributed by atoms with E-state index in [1.807, 2.05) is 37.3 Å². The molecule has 2 heterocycles. The fourth-order valence-corrected chi connectivity index (χ4v) is 3.93. The van der Waals surface area contributed by atoms with Gasteiger partial charge in [-0.05, 0) is 67.6 Å². The summed E-state index contributed by atoms with van der Waals surface area (Å²) in [5.74, 6) is 0.563. The van der Waals surface area contributed by atoms with Gasteiger partial charge in [-0.2, -0.15) is 5.10 Å². The number of amides is 1. The number of carbonyl (C=O) groups excluding carboxylic acids is 1. The first-order valence-corrected chi connectivity index (χ1v) is 10.7. The molecule has 0 spiro atoms. The van der Waals surface area contributed by atoms with Crippen LogP contribution in [0.25, 0.3) is 33.2 Å². The van der Waals surface area contributed by atoms with Crippen LogP contribution in [0, 0.1) is 13.8 Å². The van der Waals surface area contributed by atoms with Crippen LogP contribution in [0.2, 0.25) is 0 Å². The van der Waals surface area contributed by atoms with Gasteiger partial charge in [-0.25, -0.2) is 4.98 Å². The van der Waals surface area contributed by atoms with Crippen LogP contribution < -0.4 is 10.1 Å². The van der Waals surface area contributed by atoms with Crippen molar-refractivity contribution in [3.05, 3.63) is 71.5 Å². The molecule has 0 bridgehead atoms. The van der Waals surface area contributed by atoms with Gasteiger partial charge in [-0.1, -0.05) is 18.2 Å². The van der Waals surface area contributed by atoms with Gasteiger partial charge in [0.05, 0.1) is 19.0 Å². The standard InChI is InChI=1S/C26H24N4O2/c1-15-4-5-18(26(31)29-20-7-8-20)13-23(15)17-6-9-22-19(12-17)14-27-30-25(22)21-10-11-24(32-3)28-16(21)2/h4-6,9-14,20H,7-8H2,1-3H3,(H,29,31). The fraction of sp³-hybridized carbons (Fsp3) is 0.231. The average molecular weight is 425 g/mol. The smallest absolute Gasteiger partial charge is 0.251 e.